The highest BCUT2D eigenvalue weighted by molar-refractivity contribution is 8.00. The van der Waals surface area contributed by atoms with Crippen molar-refractivity contribution < 1.29 is 9.22 Å². The highest BCUT2D eigenvalue weighted by atomic mass is 32.2. The Hall–Kier alpha value is 0.0369. The lowest BCUT2D eigenvalue weighted by Crippen LogP contribution is -2.33. The second kappa shape index (κ2) is 3.83. The zero-order chi connectivity index (χ0) is 9.19. The van der Waals surface area contributed by atoms with E-state index in [0.29, 0.717) is 0 Å². The maximum absolute atomic E-state index is 11.5. The van der Waals surface area contributed by atoms with Crippen molar-refractivity contribution in [3.05, 3.63) is 0 Å². The number of hydrogen-bond acceptors (Lipinski definition) is 3. The summed E-state index contributed by atoms with van der Waals surface area (Å²) in [5.74, 6) is 1.14. The van der Waals surface area contributed by atoms with Crippen LogP contribution in [-0.2, 0) is 9.22 Å². The van der Waals surface area contributed by atoms with Gasteiger partial charge in [-0.2, -0.15) is 0 Å². The Morgan fingerprint density at radius 3 is 2.58 bits per heavy atom. The molecule has 0 spiro atoms. The van der Waals surface area contributed by atoms with E-state index in [4.69, 9.17) is 4.43 Å². The summed E-state index contributed by atoms with van der Waals surface area (Å²) < 4.78 is 5.40. The summed E-state index contributed by atoms with van der Waals surface area (Å²) in [6, 6.07) is 0. The van der Waals surface area contributed by atoms with E-state index in [-0.39, 0.29) is 11.2 Å². The van der Waals surface area contributed by atoms with E-state index in [0.717, 1.165) is 18.6 Å². The zero-order valence-electron chi connectivity index (χ0n) is 7.92. The number of rotatable bonds is 2. The van der Waals surface area contributed by atoms with Crippen molar-refractivity contribution in [2.45, 2.75) is 37.7 Å². The van der Waals surface area contributed by atoms with Crippen LogP contribution in [0.2, 0.25) is 19.6 Å². The molecule has 2 nitrogen and oxygen atoms in total. The van der Waals surface area contributed by atoms with E-state index in [9.17, 15) is 4.79 Å². The maximum Gasteiger partial charge on any atom is 0.305 e. The fraction of sp³-hybridized carbons (Fsp3) is 0.875. The van der Waals surface area contributed by atoms with Gasteiger partial charge in [0, 0.05) is 0 Å². The van der Waals surface area contributed by atoms with Gasteiger partial charge >= 0.3 is 5.97 Å². The molecule has 0 aromatic carbocycles. The Labute approximate surface area is 79.2 Å². The van der Waals surface area contributed by atoms with Crippen LogP contribution >= 0.6 is 11.8 Å². The molecule has 1 rings (SSSR count). The summed E-state index contributed by atoms with van der Waals surface area (Å²) in [6.45, 7) is 6.14. The molecule has 4 heteroatoms. The minimum Gasteiger partial charge on any atom is -0.519 e. The van der Waals surface area contributed by atoms with E-state index in [1.54, 1.807) is 11.8 Å². The lowest BCUT2D eigenvalue weighted by Gasteiger charge is -2.19. The molecule has 0 bridgehead atoms. The molecule has 0 saturated carbocycles. The molecule has 0 N–H and O–H groups in total. The molecule has 1 atom stereocenters. The molecule has 0 amide bonds. The van der Waals surface area contributed by atoms with Crippen molar-refractivity contribution in [3.63, 3.8) is 0 Å². The molecule has 1 saturated heterocycles. The fourth-order valence-corrected chi connectivity index (χ4v) is 3.10. The van der Waals surface area contributed by atoms with Gasteiger partial charge in [0.2, 0.25) is 8.32 Å². The van der Waals surface area contributed by atoms with Crippen LogP contribution in [0.15, 0.2) is 0 Å². The van der Waals surface area contributed by atoms with Crippen molar-refractivity contribution in [1.82, 2.24) is 0 Å². The normalized spacial score (nSPS) is 24.1. The lowest BCUT2D eigenvalue weighted by molar-refractivity contribution is -0.134. The Bertz CT molecular complexity index is 170. The molecule has 70 valence electrons. The summed E-state index contributed by atoms with van der Waals surface area (Å²) in [7, 11) is -1.65. The first-order valence-electron chi connectivity index (χ1n) is 4.33. The zero-order valence-corrected chi connectivity index (χ0v) is 9.74. The number of carbonyl (C=O) groups is 1. The van der Waals surface area contributed by atoms with Crippen LogP contribution in [0, 0.1) is 0 Å². The Morgan fingerprint density at radius 2 is 2.17 bits per heavy atom. The van der Waals surface area contributed by atoms with Gasteiger partial charge in [-0.3, -0.25) is 4.79 Å². The van der Waals surface area contributed by atoms with Crippen molar-refractivity contribution >= 4 is 26.0 Å². The molecule has 1 fully saturated rings. The van der Waals surface area contributed by atoms with Gasteiger partial charge in [-0.05, 0) is 38.2 Å². The second-order valence-corrected chi connectivity index (χ2v) is 9.77. The van der Waals surface area contributed by atoms with Crippen molar-refractivity contribution in [2.24, 2.45) is 0 Å². The molecule has 0 aromatic rings. The number of carbonyl (C=O) groups excluding carboxylic acids is 1. The molecule has 1 aliphatic rings. The first-order chi connectivity index (χ1) is 5.49. The summed E-state index contributed by atoms with van der Waals surface area (Å²) in [4.78, 5) is 11.5. The van der Waals surface area contributed by atoms with Crippen LogP contribution in [-0.4, -0.2) is 25.3 Å². The molecule has 1 heterocycles. The van der Waals surface area contributed by atoms with Gasteiger partial charge in [-0.25, -0.2) is 0 Å². The minimum atomic E-state index is -1.65. The van der Waals surface area contributed by atoms with Gasteiger partial charge in [0.15, 0.2) is 0 Å². The Balaban J connectivity index is 2.37. The van der Waals surface area contributed by atoms with Crippen LogP contribution in [0.4, 0.5) is 0 Å². The number of thioether (sulfide) groups is 1. The van der Waals surface area contributed by atoms with Gasteiger partial charge in [0.1, 0.15) is 5.25 Å². The van der Waals surface area contributed by atoms with Crippen LogP contribution in [0.25, 0.3) is 0 Å². The van der Waals surface area contributed by atoms with E-state index in [1.165, 1.54) is 0 Å². The van der Waals surface area contributed by atoms with Crippen LogP contribution in [0.3, 0.4) is 0 Å². The smallest absolute Gasteiger partial charge is 0.305 e. The van der Waals surface area contributed by atoms with Crippen molar-refractivity contribution in [1.29, 1.82) is 0 Å². The van der Waals surface area contributed by atoms with Gasteiger partial charge in [0.25, 0.3) is 0 Å². The standard InChI is InChI=1S/C8H16O2SSi/c1-12(2,3)10-8(9)7-5-4-6-11-7/h7H,4-6H2,1-3H3. The monoisotopic (exact) mass is 204 g/mol. The largest absolute Gasteiger partial charge is 0.519 e. The van der Waals surface area contributed by atoms with E-state index >= 15 is 0 Å². The summed E-state index contributed by atoms with van der Waals surface area (Å²) >= 11 is 1.74. The molecule has 1 aliphatic heterocycles. The maximum atomic E-state index is 11.5. The van der Waals surface area contributed by atoms with E-state index in [2.05, 4.69) is 0 Å². The van der Waals surface area contributed by atoms with Crippen molar-refractivity contribution in [3.8, 4) is 0 Å². The average molecular weight is 204 g/mol. The third kappa shape index (κ3) is 3.19. The summed E-state index contributed by atoms with van der Waals surface area (Å²) in [6.07, 6.45) is 2.17. The molecule has 1 unspecified atom stereocenters. The number of hydrogen-bond donors (Lipinski definition) is 0. The first kappa shape index (κ1) is 10.1. The van der Waals surface area contributed by atoms with Crippen LogP contribution < -0.4 is 0 Å². The minimum absolute atomic E-state index is 0.0247. The molecule has 0 aliphatic carbocycles. The third-order valence-corrected chi connectivity index (χ3v) is 3.77. The topological polar surface area (TPSA) is 26.3 Å². The highest BCUT2D eigenvalue weighted by Gasteiger charge is 2.29. The lowest BCUT2D eigenvalue weighted by atomic mass is 10.3. The molecule has 0 radical (unpaired) electrons. The van der Waals surface area contributed by atoms with E-state index < -0.39 is 8.32 Å². The molecular weight excluding hydrogens is 188 g/mol. The predicted molar refractivity (Wildman–Crippen MR) is 54.9 cm³/mol. The predicted octanol–water partition coefficient (Wildman–Crippen LogP) is 2.26. The Kier molecular flexibility index (Phi) is 3.23. The van der Waals surface area contributed by atoms with Crippen LogP contribution in [0.5, 0.6) is 0 Å². The molecule has 0 aromatic heterocycles. The Morgan fingerprint density at radius 1 is 1.50 bits per heavy atom. The van der Waals surface area contributed by atoms with Crippen molar-refractivity contribution in [2.75, 3.05) is 5.75 Å². The third-order valence-electron chi connectivity index (χ3n) is 1.60. The van der Waals surface area contributed by atoms with Gasteiger partial charge in [0.05, 0.1) is 0 Å². The van der Waals surface area contributed by atoms with Crippen LogP contribution in [0.1, 0.15) is 12.8 Å². The summed E-state index contributed by atoms with van der Waals surface area (Å²) in [5.41, 5.74) is 0. The highest BCUT2D eigenvalue weighted by Crippen LogP contribution is 2.27. The molecule has 12 heavy (non-hydrogen) atoms. The van der Waals surface area contributed by atoms with Gasteiger partial charge in [-0.15, -0.1) is 11.8 Å². The summed E-state index contributed by atoms with van der Waals surface area (Å²) in [5, 5.41) is 0.136. The quantitative estimate of drug-likeness (QED) is 0.645. The second-order valence-electron chi connectivity index (χ2n) is 4.04. The van der Waals surface area contributed by atoms with E-state index in [1.807, 2.05) is 19.6 Å². The SMILES string of the molecule is C[Si](C)(C)OC(=O)C1CCCS1. The van der Waals surface area contributed by atoms with Gasteiger partial charge in [-0.1, -0.05) is 0 Å². The fourth-order valence-electron chi connectivity index (χ4n) is 1.13. The first-order valence-corrected chi connectivity index (χ1v) is 8.79. The average Bonchev–Trinajstić information content (AvgIpc) is 2.32. The van der Waals surface area contributed by atoms with Gasteiger partial charge < -0.3 is 4.43 Å². The molecular formula is C8H16O2SSi.